The number of ketones is 2. The predicted molar refractivity (Wildman–Crippen MR) is 140 cm³/mol. The number of ether oxygens (including phenoxy) is 2. The summed E-state index contributed by atoms with van der Waals surface area (Å²) < 4.78 is 9.82. The lowest BCUT2D eigenvalue weighted by atomic mass is 9.87. The number of hydrogen-bond acceptors (Lipinski definition) is 8. The largest absolute Gasteiger partial charge is 0.461 e. The van der Waals surface area contributed by atoms with Crippen molar-refractivity contribution in [3.63, 3.8) is 0 Å². The molecule has 0 spiro atoms. The standard InChI is InChI=1S/C18H21NO3.C12H13NO3/c1-2-22-18(21)16-10-8-14-15(19-16)9-7-13(17(14)20)11-12-5-3-4-6-12;1-2-16-12(15)10-7-6-8-9(13-10)4-3-5-11(8)14/h8,10-12H,2-7,9H2,1H3;6-7H,2-5H2,1H3/b13-11+;. The number of esters is 2. The molecule has 0 radical (unpaired) electrons. The molecule has 200 valence electrons. The Morgan fingerprint density at radius 2 is 1.37 bits per heavy atom. The number of pyridine rings is 2. The summed E-state index contributed by atoms with van der Waals surface area (Å²) in [5, 5.41) is 0. The normalized spacial score (nSPS) is 17.8. The number of aryl methyl sites for hydroxylation is 2. The van der Waals surface area contributed by atoms with Crippen LogP contribution in [0, 0.1) is 5.92 Å². The smallest absolute Gasteiger partial charge is 0.356 e. The molecule has 8 heteroatoms. The van der Waals surface area contributed by atoms with Gasteiger partial charge in [0.05, 0.1) is 24.6 Å². The Hall–Kier alpha value is -3.68. The molecule has 2 aromatic rings. The van der Waals surface area contributed by atoms with Crippen molar-refractivity contribution in [3.8, 4) is 0 Å². The Morgan fingerprint density at radius 1 is 0.789 bits per heavy atom. The number of nitrogens with zero attached hydrogens (tertiary/aromatic N) is 2. The van der Waals surface area contributed by atoms with Crippen LogP contribution < -0.4 is 0 Å². The number of carbonyl (C=O) groups is 4. The van der Waals surface area contributed by atoms with E-state index in [0.29, 0.717) is 43.1 Å². The summed E-state index contributed by atoms with van der Waals surface area (Å²) in [6.45, 7) is 4.17. The maximum absolute atomic E-state index is 12.6. The van der Waals surface area contributed by atoms with Gasteiger partial charge in [0.25, 0.3) is 0 Å². The highest BCUT2D eigenvalue weighted by molar-refractivity contribution is 6.10. The maximum Gasteiger partial charge on any atom is 0.356 e. The first-order valence-corrected chi connectivity index (χ1v) is 13.5. The van der Waals surface area contributed by atoms with Gasteiger partial charge >= 0.3 is 11.9 Å². The molecule has 3 aliphatic carbocycles. The fourth-order valence-corrected chi connectivity index (χ4v) is 5.14. The molecule has 1 fully saturated rings. The Morgan fingerprint density at radius 3 is 1.97 bits per heavy atom. The number of fused-ring (bicyclic) bond motifs is 2. The molecule has 0 N–H and O–H groups in total. The van der Waals surface area contributed by atoms with Gasteiger partial charge in [-0.3, -0.25) is 9.59 Å². The van der Waals surface area contributed by atoms with Crippen LogP contribution >= 0.6 is 0 Å². The summed E-state index contributed by atoms with van der Waals surface area (Å²) in [7, 11) is 0. The van der Waals surface area contributed by atoms with Gasteiger partial charge in [-0.2, -0.15) is 0 Å². The first-order valence-electron chi connectivity index (χ1n) is 13.5. The molecule has 5 rings (SSSR count). The molecule has 0 bridgehead atoms. The van der Waals surface area contributed by atoms with Crippen molar-refractivity contribution in [2.45, 2.75) is 71.6 Å². The minimum Gasteiger partial charge on any atom is -0.461 e. The van der Waals surface area contributed by atoms with Crippen LogP contribution in [0.3, 0.4) is 0 Å². The molecule has 38 heavy (non-hydrogen) atoms. The van der Waals surface area contributed by atoms with Crippen molar-refractivity contribution in [3.05, 3.63) is 69.8 Å². The van der Waals surface area contributed by atoms with Crippen molar-refractivity contribution < 1.29 is 28.7 Å². The molecule has 0 aliphatic heterocycles. The minimum absolute atomic E-state index is 0.0797. The van der Waals surface area contributed by atoms with Crippen LogP contribution in [0.4, 0.5) is 0 Å². The average Bonchev–Trinajstić information content (AvgIpc) is 3.44. The van der Waals surface area contributed by atoms with E-state index in [-0.39, 0.29) is 23.0 Å². The summed E-state index contributed by atoms with van der Waals surface area (Å²) in [6.07, 6.45) is 10.7. The molecule has 3 aliphatic rings. The Bertz CT molecular complexity index is 1260. The highest BCUT2D eigenvalue weighted by Gasteiger charge is 2.26. The van der Waals surface area contributed by atoms with Gasteiger partial charge < -0.3 is 9.47 Å². The fourth-order valence-electron chi connectivity index (χ4n) is 5.14. The number of aromatic nitrogens is 2. The number of Topliss-reactive ketones (excluding diaryl/α,β-unsaturated/α-hetero) is 2. The quantitative estimate of drug-likeness (QED) is 0.388. The van der Waals surface area contributed by atoms with E-state index in [1.807, 2.05) is 0 Å². The third kappa shape index (κ3) is 6.41. The average molecular weight is 519 g/mol. The van der Waals surface area contributed by atoms with Crippen LogP contribution in [-0.4, -0.2) is 46.7 Å². The Balaban J connectivity index is 0.000000186. The number of carbonyl (C=O) groups excluding carboxylic acids is 4. The molecule has 2 aromatic heterocycles. The zero-order valence-corrected chi connectivity index (χ0v) is 22.1. The van der Waals surface area contributed by atoms with Crippen LogP contribution in [0.2, 0.25) is 0 Å². The lowest BCUT2D eigenvalue weighted by molar-refractivity contribution is 0.0509. The van der Waals surface area contributed by atoms with E-state index >= 15 is 0 Å². The molecule has 1 saturated carbocycles. The lowest BCUT2D eigenvalue weighted by Crippen LogP contribution is -2.18. The summed E-state index contributed by atoms with van der Waals surface area (Å²) in [5.74, 6) is -0.0964. The molecule has 0 unspecified atom stereocenters. The van der Waals surface area contributed by atoms with Crippen LogP contribution in [0.15, 0.2) is 35.9 Å². The van der Waals surface area contributed by atoms with Gasteiger partial charge in [0.15, 0.2) is 11.6 Å². The van der Waals surface area contributed by atoms with Gasteiger partial charge in [-0.05, 0) is 88.1 Å². The van der Waals surface area contributed by atoms with E-state index in [1.54, 1.807) is 38.1 Å². The molecule has 8 nitrogen and oxygen atoms in total. The predicted octanol–water partition coefficient (Wildman–Crippen LogP) is 5.28. The first-order chi connectivity index (χ1) is 18.4. The Kier molecular flexibility index (Phi) is 9.15. The summed E-state index contributed by atoms with van der Waals surface area (Å²) >= 11 is 0. The molecule has 0 atom stereocenters. The van der Waals surface area contributed by atoms with E-state index in [4.69, 9.17) is 9.47 Å². The zero-order valence-electron chi connectivity index (χ0n) is 22.1. The molecule has 0 aromatic carbocycles. The van der Waals surface area contributed by atoms with Gasteiger partial charge in [-0.1, -0.05) is 18.9 Å². The lowest BCUT2D eigenvalue weighted by Gasteiger charge is -2.18. The van der Waals surface area contributed by atoms with Gasteiger partial charge in [-0.15, -0.1) is 0 Å². The SMILES string of the molecule is CCOC(=O)c1ccc2c(n1)CC/C(=C\C1CCCC1)C2=O.CCOC(=O)c1ccc2c(n1)CCCC2=O. The summed E-state index contributed by atoms with van der Waals surface area (Å²) in [5.41, 5.74) is 4.24. The second-order valence-electron chi connectivity index (χ2n) is 9.66. The molecule has 0 amide bonds. The zero-order chi connectivity index (χ0) is 27.1. The molecular formula is C30H34N2O6. The van der Waals surface area contributed by atoms with Gasteiger partial charge in [0.2, 0.25) is 0 Å². The van der Waals surface area contributed by atoms with E-state index < -0.39 is 11.9 Å². The second kappa shape index (κ2) is 12.7. The second-order valence-corrected chi connectivity index (χ2v) is 9.66. The van der Waals surface area contributed by atoms with E-state index in [1.165, 1.54) is 25.7 Å². The number of allylic oxidation sites excluding steroid dienone is 2. The number of rotatable bonds is 5. The van der Waals surface area contributed by atoms with Crippen LogP contribution in [-0.2, 0) is 22.3 Å². The highest BCUT2D eigenvalue weighted by atomic mass is 16.5. The molecular weight excluding hydrogens is 484 g/mol. The Labute approximate surface area is 222 Å². The molecule has 2 heterocycles. The van der Waals surface area contributed by atoms with Crippen molar-refractivity contribution in [2.75, 3.05) is 13.2 Å². The monoisotopic (exact) mass is 518 g/mol. The van der Waals surface area contributed by atoms with Gasteiger partial charge in [0, 0.05) is 17.5 Å². The fraction of sp³-hybridized carbons (Fsp3) is 0.467. The van der Waals surface area contributed by atoms with Crippen molar-refractivity contribution in [2.24, 2.45) is 5.92 Å². The third-order valence-corrected chi connectivity index (χ3v) is 7.04. The summed E-state index contributed by atoms with van der Waals surface area (Å²) in [4.78, 5) is 55.8. The van der Waals surface area contributed by atoms with E-state index in [9.17, 15) is 19.2 Å². The first kappa shape index (κ1) is 27.4. The molecule has 0 saturated heterocycles. The minimum atomic E-state index is -0.427. The van der Waals surface area contributed by atoms with E-state index in [2.05, 4.69) is 16.0 Å². The van der Waals surface area contributed by atoms with E-state index in [0.717, 1.165) is 36.2 Å². The maximum atomic E-state index is 12.6. The van der Waals surface area contributed by atoms with Gasteiger partial charge in [0.1, 0.15) is 11.4 Å². The van der Waals surface area contributed by atoms with Crippen LogP contribution in [0.25, 0.3) is 0 Å². The number of hydrogen-bond donors (Lipinski definition) is 0. The topological polar surface area (TPSA) is 113 Å². The van der Waals surface area contributed by atoms with Crippen LogP contribution in [0.5, 0.6) is 0 Å². The van der Waals surface area contributed by atoms with Crippen molar-refractivity contribution in [1.29, 1.82) is 0 Å². The van der Waals surface area contributed by atoms with Crippen LogP contribution in [0.1, 0.15) is 112 Å². The third-order valence-electron chi connectivity index (χ3n) is 7.04. The van der Waals surface area contributed by atoms with Crippen molar-refractivity contribution >= 4 is 23.5 Å². The summed E-state index contributed by atoms with van der Waals surface area (Å²) in [6, 6.07) is 6.54. The van der Waals surface area contributed by atoms with Crippen molar-refractivity contribution in [1.82, 2.24) is 9.97 Å². The van der Waals surface area contributed by atoms with Gasteiger partial charge in [-0.25, -0.2) is 19.6 Å². The highest BCUT2D eigenvalue weighted by Crippen LogP contribution is 2.31.